The highest BCUT2D eigenvalue weighted by Crippen LogP contribution is 2.28. The minimum Gasteiger partial charge on any atom is -0.376 e. The van der Waals surface area contributed by atoms with E-state index in [9.17, 15) is 13.2 Å². The van der Waals surface area contributed by atoms with E-state index >= 15 is 0 Å². The van der Waals surface area contributed by atoms with Crippen molar-refractivity contribution >= 4 is 11.6 Å². The fourth-order valence-electron chi connectivity index (χ4n) is 1.82. The highest BCUT2D eigenvalue weighted by atomic mass is 19.4. The van der Waals surface area contributed by atoms with Gasteiger partial charge in [0.2, 0.25) is 5.82 Å². The number of ether oxygens (including phenoxy) is 1. The summed E-state index contributed by atoms with van der Waals surface area (Å²) in [6.45, 7) is 1.14. The van der Waals surface area contributed by atoms with Gasteiger partial charge in [-0.05, 0) is 12.8 Å². The third kappa shape index (κ3) is 3.69. The van der Waals surface area contributed by atoms with E-state index in [1.165, 1.54) is 13.1 Å². The molecule has 2 rings (SSSR count). The zero-order chi connectivity index (χ0) is 13.9. The first kappa shape index (κ1) is 13.9. The lowest BCUT2D eigenvalue weighted by Gasteiger charge is -2.13. The molecule has 1 saturated heterocycles. The van der Waals surface area contributed by atoms with Crippen molar-refractivity contribution in [3.05, 3.63) is 11.9 Å². The quantitative estimate of drug-likeness (QED) is 0.882. The third-order valence-corrected chi connectivity index (χ3v) is 2.77. The first-order valence-electron chi connectivity index (χ1n) is 5.98. The van der Waals surface area contributed by atoms with Crippen LogP contribution < -0.4 is 10.6 Å². The normalized spacial score (nSPS) is 19.5. The van der Waals surface area contributed by atoms with Gasteiger partial charge in [0.1, 0.15) is 11.6 Å². The lowest BCUT2D eigenvalue weighted by molar-refractivity contribution is -0.144. The van der Waals surface area contributed by atoms with Gasteiger partial charge in [-0.15, -0.1) is 0 Å². The van der Waals surface area contributed by atoms with Gasteiger partial charge in [0, 0.05) is 26.3 Å². The molecule has 0 spiro atoms. The van der Waals surface area contributed by atoms with Gasteiger partial charge in [-0.1, -0.05) is 0 Å². The van der Waals surface area contributed by atoms with Crippen molar-refractivity contribution in [2.24, 2.45) is 0 Å². The second kappa shape index (κ2) is 5.60. The third-order valence-electron chi connectivity index (χ3n) is 2.77. The van der Waals surface area contributed by atoms with Crippen LogP contribution in [0.4, 0.5) is 24.8 Å². The summed E-state index contributed by atoms with van der Waals surface area (Å²) in [6.07, 6.45) is -2.65. The van der Waals surface area contributed by atoms with Gasteiger partial charge < -0.3 is 15.4 Å². The number of halogens is 3. The van der Waals surface area contributed by atoms with E-state index in [-0.39, 0.29) is 17.7 Å². The van der Waals surface area contributed by atoms with E-state index in [2.05, 4.69) is 20.6 Å². The summed E-state index contributed by atoms with van der Waals surface area (Å²) in [6, 6.07) is 1.43. The summed E-state index contributed by atoms with van der Waals surface area (Å²) < 4.78 is 43.2. The van der Waals surface area contributed by atoms with Gasteiger partial charge in [0.15, 0.2) is 0 Å². The van der Waals surface area contributed by atoms with Crippen molar-refractivity contribution in [3.63, 3.8) is 0 Å². The Hall–Kier alpha value is -1.57. The molecule has 1 aromatic heterocycles. The maximum Gasteiger partial charge on any atom is 0.451 e. The lowest BCUT2D eigenvalue weighted by atomic mass is 10.2. The van der Waals surface area contributed by atoms with Gasteiger partial charge in [-0.25, -0.2) is 9.97 Å². The second-order valence-corrected chi connectivity index (χ2v) is 4.23. The Kier molecular flexibility index (Phi) is 4.08. The molecule has 0 aliphatic carbocycles. The van der Waals surface area contributed by atoms with Crippen molar-refractivity contribution in [2.75, 3.05) is 30.8 Å². The molecule has 1 aromatic rings. The smallest absolute Gasteiger partial charge is 0.376 e. The predicted molar refractivity (Wildman–Crippen MR) is 64.0 cm³/mol. The Balaban J connectivity index is 2.10. The number of aromatic nitrogens is 2. The maximum atomic E-state index is 12.6. The van der Waals surface area contributed by atoms with Crippen molar-refractivity contribution in [3.8, 4) is 0 Å². The molecule has 8 heteroatoms. The molecule has 1 atom stereocenters. The van der Waals surface area contributed by atoms with Crippen LogP contribution in [0.1, 0.15) is 18.7 Å². The van der Waals surface area contributed by atoms with Crippen molar-refractivity contribution in [2.45, 2.75) is 25.1 Å². The van der Waals surface area contributed by atoms with Crippen LogP contribution in [-0.2, 0) is 10.9 Å². The number of alkyl halides is 3. The molecule has 0 amide bonds. The first-order chi connectivity index (χ1) is 8.99. The molecule has 1 fully saturated rings. The van der Waals surface area contributed by atoms with E-state index in [4.69, 9.17) is 4.74 Å². The molecule has 2 N–H and O–H groups in total. The Labute approximate surface area is 108 Å². The Morgan fingerprint density at radius 3 is 2.68 bits per heavy atom. The molecule has 1 aliphatic heterocycles. The molecule has 0 aromatic carbocycles. The zero-order valence-corrected chi connectivity index (χ0v) is 10.4. The summed E-state index contributed by atoms with van der Waals surface area (Å²) in [5.74, 6) is -0.895. The van der Waals surface area contributed by atoms with Crippen LogP contribution >= 0.6 is 0 Å². The summed E-state index contributed by atoms with van der Waals surface area (Å²) in [7, 11) is 1.51. The Bertz CT molecular complexity index is 432. The average molecular weight is 276 g/mol. The largest absolute Gasteiger partial charge is 0.451 e. The van der Waals surface area contributed by atoms with E-state index in [1.54, 1.807) is 0 Å². The van der Waals surface area contributed by atoms with E-state index in [1.807, 2.05) is 0 Å². The van der Waals surface area contributed by atoms with Crippen LogP contribution in [0, 0.1) is 0 Å². The number of rotatable bonds is 4. The molecule has 0 bridgehead atoms. The predicted octanol–water partition coefficient (Wildman–Crippen LogP) is 2.13. The maximum absolute atomic E-state index is 12.6. The monoisotopic (exact) mass is 276 g/mol. The SMILES string of the molecule is CNc1cc(NCC2CCCO2)nc(C(F)(F)F)n1. The first-order valence-corrected chi connectivity index (χ1v) is 5.98. The summed E-state index contributed by atoms with van der Waals surface area (Å²) >= 11 is 0. The van der Waals surface area contributed by atoms with Crippen LogP contribution in [0.15, 0.2) is 6.07 Å². The van der Waals surface area contributed by atoms with Crippen LogP contribution in [-0.4, -0.2) is 36.3 Å². The molecule has 0 saturated carbocycles. The van der Waals surface area contributed by atoms with E-state index in [0.29, 0.717) is 13.2 Å². The minimum absolute atomic E-state index is 0.0299. The molecule has 0 radical (unpaired) electrons. The number of nitrogens with zero attached hydrogens (tertiary/aromatic N) is 2. The van der Waals surface area contributed by atoms with Crippen molar-refractivity contribution < 1.29 is 17.9 Å². The van der Waals surface area contributed by atoms with Crippen molar-refractivity contribution in [1.82, 2.24) is 9.97 Å². The van der Waals surface area contributed by atoms with Gasteiger partial charge in [-0.3, -0.25) is 0 Å². The zero-order valence-electron chi connectivity index (χ0n) is 10.4. The lowest BCUT2D eigenvalue weighted by Crippen LogP contribution is -2.20. The number of anilines is 2. The summed E-state index contributed by atoms with van der Waals surface area (Å²) in [5.41, 5.74) is 0. The minimum atomic E-state index is -4.56. The molecule has 106 valence electrons. The molecule has 1 unspecified atom stereocenters. The fraction of sp³-hybridized carbons (Fsp3) is 0.636. The van der Waals surface area contributed by atoms with Crippen molar-refractivity contribution in [1.29, 1.82) is 0 Å². The molecule has 2 heterocycles. The Morgan fingerprint density at radius 2 is 2.11 bits per heavy atom. The second-order valence-electron chi connectivity index (χ2n) is 4.23. The van der Waals surface area contributed by atoms with E-state index < -0.39 is 12.0 Å². The number of hydrogen-bond acceptors (Lipinski definition) is 5. The highest BCUT2D eigenvalue weighted by molar-refractivity contribution is 5.47. The van der Waals surface area contributed by atoms with Crippen LogP contribution in [0.5, 0.6) is 0 Å². The van der Waals surface area contributed by atoms with Gasteiger partial charge in [0.25, 0.3) is 0 Å². The van der Waals surface area contributed by atoms with Gasteiger partial charge in [-0.2, -0.15) is 13.2 Å². The van der Waals surface area contributed by atoms with Crippen LogP contribution in [0.2, 0.25) is 0 Å². The van der Waals surface area contributed by atoms with Gasteiger partial charge >= 0.3 is 6.18 Å². The molecule has 19 heavy (non-hydrogen) atoms. The Morgan fingerprint density at radius 1 is 1.37 bits per heavy atom. The number of hydrogen-bond donors (Lipinski definition) is 2. The van der Waals surface area contributed by atoms with E-state index in [0.717, 1.165) is 12.8 Å². The van der Waals surface area contributed by atoms with Crippen LogP contribution in [0.25, 0.3) is 0 Å². The standard InChI is InChI=1S/C11H15F3N4O/c1-15-8-5-9(16-6-7-3-2-4-19-7)18-10(17-8)11(12,13)14/h5,7H,2-4,6H2,1H3,(H2,15,16,17,18). The fourth-order valence-corrected chi connectivity index (χ4v) is 1.82. The molecular formula is C11H15F3N4O. The summed E-state index contributed by atoms with van der Waals surface area (Å²) in [4.78, 5) is 6.86. The number of nitrogens with one attached hydrogen (secondary N) is 2. The molecular weight excluding hydrogens is 261 g/mol. The van der Waals surface area contributed by atoms with Gasteiger partial charge in [0.05, 0.1) is 6.10 Å². The topological polar surface area (TPSA) is 59.1 Å². The van der Waals surface area contributed by atoms with Crippen LogP contribution in [0.3, 0.4) is 0 Å². The summed E-state index contributed by atoms with van der Waals surface area (Å²) in [5, 5.41) is 5.44. The molecule has 5 nitrogen and oxygen atoms in total. The molecule has 1 aliphatic rings. The average Bonchev–Trinajstić information content (AvgIpc) is 2.88. The highest BCUT2D eigenvalue weighted by Gasteiger charge is 2.35.